The van der Waals surface area contributed by atoms with Gasteiger partial charge in [-0.15, -0.1) is 0 Å². The quantitative estimate of drug-likeness (QED) is 0.0238. The van der Waals surface area contributed by atoms with Gasteiger partial charge in [0.1, 0.15) is 54.1 Å². The number of aromatic hydroxyl groups is 1. The van der Waals surface area contributed by atoms with E-state index >= 15 is 0 Å². The molecule has 9 atom stereocenters. The summed E-state index contributed by atoms with van der Waals surface area (Å²) in [5.74, 6) is -9.49. The zero-order chi connectivity index (χ0) is 74.3. The standard InChI is InChI=1S/C66H103N17O17/c1-38(2)30-49(64(98)83-52(37-85)66(100)82-51(36-84)58(69)92)79-57(91)35-75-59(93)39(3)77-61(95)41(5)78-60(94)40(4)76-56(90)34-74-55(89)21-10-14-28-71-53(87)19-9-13-27-70-54(88)20-11-15-29-72-63(97)48(18-8-12-26-67)80-65(99)50(31-42-22-24-44(86)25-23-42)81-62(96)46(68)32-43-33-73-47-17-7-6-16-45(43)47/h6-7,16-17,22-25,33,38-41,46,48-52,73,84-86H,8-15,18-21,26-32,34-37,67-68H2,1-5H3,(H2,69,92)(H,70,88)(H,71,87)(H,72,97)(H,74,89)(H,75,93)(H,76,90)(H,77,95)(H,78,94)(H,79,91)(H,80,99)(H,81,96)(H,82,100)(H,83,98)/t39-,40-,41-,46-,48-,49-,50-,51-,52-/m0/s1. The van der Waals surface area contributed by atoms with Gasteiger partial charge in [0.15, 0.2) is 0 Å². The zero-order valence-electron chi connectivity index (χ0n) is 57.5. The summed E-state index contributed by atoms with van der Waals surface area (Å²) >= 11 is 0. The molecule has 0 aliphatic carbocycles. The molecule has 100 heavy (non-hydrogen) atoms. The SMILES string of the molecule is CC(C)C[C@H](NC(=O)CNC(=O)[C@H](C)NC(=O)[C@H](C)NC(=O)[C@H](C)NC(=O)CNC(=O)CCCCNC(=O)CCCCNC(=O)CCCCNC(=O)[C@H](CCCCN)NC(=O)[C@H](Cc1ccc(O)cc1)NC(=O)[C@@H](N)Cc1c[nH]c2ccccc12)C(=O)N[C@@H](CO)C(=O)N[C@@H](CO)C(N)=O. The summed E-state index contributed by atoms with van der Waals surface area (Å²) in [7, 11) is 0. The summed E-state index contributed by atoms with van der Waals surface area (Å²) < 4.78 is 0. The highest BCUT2D eigenvalue weighted by Crippen LogP contribution is 2.19. The number of phenols is 1. The van der Waals surface area contributed by atoms with Crippen LogP contribution in [0.5, 0.6) is 5.75 Å². The average Bonchev–Trinajstić information content (AvgIpc) is 1.66. The highest BCUT2D eigenvalue weighted by Gasteiger charge is 2.32. The Bertz CT molecular complexity index is 3200. The molecule has 0 unspecified atom stereocenters. The van der Waals surface area contributed by atoms with E-state index in [1.54, 1.807) is 32.2 Å². The number of nitrogens with two attached hydrogens (primary N) is 3. The van der Waals surface area contributed by atoms with Crippen LogP contribution in [0.25, 0.3) is 10.9 Å². The van der Waals surface area contributed by atoms with Gasteiger partial charge < -0.3 is 107 Å². The van der Waals surface area contributed by atoms with Crippen molar-refractivity contribution in [2.24, 2.45) is 23.1 Å². The zero-order valence-corrected chi connectivity index (χ0v) is 57.5. The Morgan fingerprint density at radius 1 is 0.450 bits per heavy atom. The van der Waals surface area contributed by atoms with Crippen molar-refractivity contribution in [2.75, 3.05) is 52.5 Å². The van der Waals surface area contributed by atoms with Crippen molar-refractivity contribution in [1.82, 2.24) is 74.1 Å². The molecule has 0 saturated carbocycles. The summed E-state index contributed by atoms with van der Waals surface area (Å²) in [4.78, 5) is 182. The number of hydrogen-bond acceptors (Lipinski definition) is 19. The number of fused-ring (bicyclic) bond motifs is 1. The first-order valence-electron chi connectivity index (χ1n) is 33.6. The topological polar surface area (TPSA) is 550 Å². The lowest BCUT2D eigenvalue weighted by molar-refractivity contribution is -0.135. The Hall–Kier alpha value is -9.80. The fourth-order valence-electron chi connectivity index (χ4n) is 9.87. The van der Waals surface area contributed by atoms with E-state index in [0.717, 1.165) is 16.5 Å². The first-order chi connectivity index (χ1) is 47.5. The molecule has 554 valence electrons. The largest absolute Gasteiger partial charge is 0.508 e. The molecule has 0 bridgehead atoms. The van der Waals surface area contributed by atoms with E-state index in [4.69, 9.17) is 17.2 Å². The van der Waals surface area contributed by atoms with Gasteiger partial charge >= 0.3 is 0 Å². The minimum Gasteiger partial charge on any atom is -0.508 e. The Kier molecular flexibility index (Phi) is 38.6. The maximum atomic E-state index is 13.9. The van der Waals surface area contributed by atoms with E-state index in [-0.39, 0.29) is 75.0 Å². The molecule has 0 spiro atoms. The van der Waals surface area contributed by atoms with Gasteiger partial charge in [-0.05, 0) is 133 Å². The van der Waals surface area contributed by atoms with E-state index in [9.17, 15) is 82.4 Å². The van der Waals surface area contributed by atoms with Gasteiger partial charge in [-0.1, -0.05) is 44.2 Å². The number of aromatic nitrogens is 1. The number of H-pyrrole nitrogens is 1. The first-order valence-corrected chi connectivity index (χ1v) is 33.6. The molecule has 3 aromatic rings. The molecule has 0 saturated heterocycles. The van der Waals surface area contributed by atoms with E-state index < -0.39 is 152 Å². The number of hydrogen-bond donors (Lipinski definition) is 20. The Labute approximate surface area is 580 Å². The second kappa shape index (κ2) is 45.7. The number of carbonyl (C=O) groups is 14. The number of para-hydroxylation sites is 1. The highest BCUT2D eigenvalue weighted by molar-refractivity contribution is 5.98. The van der Waals surface area contributed by atoms with Crippen molar-refractivity contribution in [1.29, 1.82) is 0 Å². The van der Waals surface area contributed by atoms with Gasteiger partial charge in [0, 0.05) is 62.4 Å². The number of benzene rings is 2. The summed E-state index contributed by atoms with van der Waals surface area (Å²) in [6.07, 6.45) is 6.79. The van der Waals surface area contributed by atoms with Gasteiger partial charge in [-0.2, -0.15) is 0 Å². The molecule has 0 fully saturated rings. The fourth-order valence-corrected chi connectivity index (χ4v) is 9.87. The lowest BCUT2D eigenvalue weighted by atomic mass is 10.0. The van der Waals surface area contributed by atoms with Crippen molar-refractivity contribution in [2.45, 2.75) is 185 Å². The minimum atomic E-state index is -1.58. The van der Waals surface area contributed by atoms with Crippen molar-refractivity contribution in [3.8, 4) is 5.75 Å². The summed E-state index contributed by atoms with van der Waals surface area (Å²) in [5, 5.41) is 62.5. The first kappa shape index (κ1) is 84.4. The predicted octanol–water partition coefficient (Wildman–Crippen LogP) is -4.34. The second-order valence-corrected chi connectivity index (χ2v) is 24.7. The van der Waals surface area contributed by atoms with Crippen LogP contribution in [0, 0.1) is 5.92 Å². The lowest BCUT2D eigenvalue weighted by Crippen LogP contribution is -2.59. The highest BCUT2D eigenvalue weighted by atomic mass is 16.3. The fraction of sp³-hybridized carbons (Fsp3) is 0.576. The number of carbonyl (C=O) groups excluding carboxylic acids is 14. The molecule has 3 rings (SSSR count). The van der Waals surface area contributed by atoms with Crippen LogP contribution in [0.2, 0.25) is 0 Å². The monoisotopic (exact) mass is 1410 g/mol. The van der Waals surface area contributed by atoms with Crippen LogP contribution >= 0.6 is 0 Å². The van der Waals surface area contributed by atoms with E-state index in [1.165, 1.54) is 32.9 Å². The van der Waals surface area contributed by atoms with Gasteiger partial charge in [0.05, 0.1) is 32.3 Å². The number of nitrogens with one attached hydrogen (secondary N) is 14. The van der Waals surface area contributed by atoms with Crippen LogP contribution in [0.4, 0.5) is 0 Å². The minimum absolute atomic E-state index is 0.0277. The van der Waals surface area contributed by atoms with Gasteiger partial charge in [0.2, 0.25) is 82.7 Å². The third-order valence-electron chi connectivity index (χ3n) is 15.6. The van der Waals surface area contributed by atoms with Crippen molar-refractivity contribution >= 4 is 93.6 Å². The number of aromatic amines is 1. The molecule has 34 heteroatoms. The van der Waals surface area contributed by atoms with Gasteiger partial charge in [-0.3, -0.25) is 67.1 Å². The second-order valence-electron chi connectivity index (χ2n) is 24.7. The van der Waals surface area contributed by atoms with Crippen LogP contribution in [-0.2, 0) is 80.0 Å². The molecule has 0 aliphatic heterocycles. The number of amides is 14. The molecule has 23 N–H and O–H groups in total. The van der Waals surface area contributed by atoms with Gasteiger partial charge in [-0.25, -0.2) is 0 Å². The maximum absolute atomic E-state index is 13.9. The number of aliphatic hydroxyl groups excluding tert-OH is 2. The Morgan fingerprint density at radius 3 is 1.51 bits per heavy atom. The van der Waals surface area contributed by atoms with Crippen LogP contribution < -0.4 is 86.3 Å². The van der Waals surface area contributed by atoms with Gasteiger partial charge in [0.25, 0.3) is 0 Å². The van der Waals surface area contributed by atoms with Crippen LogP contribution in [-0.4, -0.2) is 210 Å². The lowest BCUT2D eigenvalue weighted by Gasteiger charge is -2.24. The van der Waals surface area contributed by atoms with E-state index in [0.29, 0.717) is 76.6 Å². The summed E-state index contributed by atoms with van der Waals surface area (Å²) in [6, 6.07) is 2.81. The predicted molar refractivity (Wildman–Crippen MR) is 367 cm³/mol. The number of rotatable bonds is 48. The van der Waals surface area contributed by atoms with E-state index in [2.05, 4.69) is 74.1 Å². The van der Waals surface area contributed by atoms with Crippen molar-refractivity contribution in [3.63, 3.8) is 0 Å². The third kappa shape index (κ3) is 32.7. The summed E-state index contributed by atoms with van der Waals surface area (Å²) in [6.45, 7) is 5.83. The third-order valence-corrected chi connectivity index (χ3v) is 15.6. The molecule has 34 nitrogen and oxygen atoms in total. The van der Waals surface area contributed by atoms with Crippen LogP contribution in [0.1, 0.15) is 129 Å². The number of unbranched alkanes of at least 4 members (excludes halogenated alkanes) is 4. The Morgan fingerprint density at radius 2 is 0.940 bits per heavy atom. The van der Waals surface area contributed by atoms with Crippen LogP contribution in [0.15, 0.2) is 54.7 Å². The smallest absolute Gasteiger partial charge is 0.245 e. The molecule has 1 heterocycles. The maximum Gasteiger partial charge on any atom is 0.245 e. The molecule has 14 amide bonds. The van der Waals surface area contributed by atoms with Crippen molar-refractivity contribution < 1.29 is 82.4 Å². The number of primary amides is 1. The Balaban J connectivity index is 1.26. The van der Waals surface area contributed by atoms with Crippen LogP contribution in [0.3, 0.4) is 0 Å². The molecule has 1 aromatic heterocycles. The van der Waals surface area contributed by atoms with Crippen molar-refractivity contribution in [3.05, 3.63) is 65.9 Å². The molecule has 0 aliphatic rings. The normalized spacial score (nSPS) is 13.7. The molecule has 2 aromatic carbocycles. The molecular weight excluding hydrogens is 1300 g/mol. The summed E-state index contributed by atoms with van der Waals surface area (Å²) in [5.41, 5.74) is 19.6. The van der Waals surface area contributed by atoms with E-state index in [1.807, 2.05) is 24.3 Å². The number of phenolic OH excluding ortho intramolecular Hbond substituents is 1. The number of aliphatic hydroxyl groups is 2. The molecule has 0 radical (unpaired) electrons. The molecular formula is C66H103N17O17. The average molecular weight is 1410 g/mol.